The average molecular weight is 522 g/mol. The van der Waals surface area contributed by atoms with Crippen molar-refractivity contribution in [2.75, 3.05) is 79.7 Å². The summed E-state index contributed by atoms with van der Waals surface area (Å²) in [6.07, 6.45) is 2.60. The molecule has 2 saturated heterocycles. The van der Waals surface area contributed by atoms with Crippen LogP contribution in [0.25, 0.3) is 0 Å². The first-order valence-corrected chi connectivity index (χ1v) is 14.2. The van der Waals surface area contributed by atoms with E-state index in [0.29, 0.717) is 30.0 Å². The Bertz CT molecular complexity index is 1060. The number of likely N-dealkylation sites (tertiary alicyclic amines) is 1. The number of aryl methyl sites for hydroxylation is 2. The predicted molar refractivity (Wildman–Crippen MR) is 138 cm³/mol. The lowest BCUT2D eigenvalue weighted by molar-refractivity contribution is -0.134. The SMILES string of the molecule is COc1cc(C)c(S(=O)(=O)N(C)CC2=NC(C(=O)N3CCN(CCN4CCCC4)CC3)CO2)c(C)c1. The number of carbonyl (C=O) groups excluding carboxylic acids is 1. The summed E-state index contributed by atoms with van der Waals surface area (Å²) < 4.78 is 38.7. The minimum absolute atomic E-state index is 0.0265. The second-order valence-electron chi connectivity index (χ2n) is 9.92. The number of likely N-dealkylation sites (N-methyl/N-ethyl adjacent to an activating group) is 1. The maximum atomic E-state index is 13.3. The highest BCUT2D eigenvalue weighted by molar-refractivity contribution is 7.89. The van der Waals surface area contributed by atoms with Crippen LogP contribution in [0.5, 0.6) is 5.75 Å². The molecule has 0 bridgehead atoms. The predicted octanol–water partition coefficient (Wildman–Crippen LogP) is 0.970. The van der Waals surface area contributed by atoms with Gasteiger partial charge in [0.1, 0.15) is 12.4 Å². The molecular formula is C25H39N5O5S. The number of ether oxygens (including phenoxy) is 2. The second-order valence-corrected chi connectivity index (χ2v) is 11.9. The molecule has 4 rings (SSSR count). The maximum absolute atomic E-state index is 13.3. The third-order valence-corrected chi connectivity index (χ3v) is 9.41. The molecule has 0 N–H and O–H groups in total. The summed E-state index contributed by atoms with van der Waals surface area (Å²) in [5.74, 6) is 0.841. The van der Waals surface area contributed by atoms with Crippen molar-refractivity contribution in [1.29, 1.82) is 0 Å². The fraction of sp³-hybridized carbons (Fsp3) is 0.680. The number of hydrogen-bond donors (Lipinski definition) is 0. The average Bonchev–Trinajstić information content (AvgIpc) is 3.54. The first-order chi connectivity index (χ1) is 17.2. The molecule has 0 spiro atoms. The molecule has 1 atom stereocenters. The molecule has 0 aliphatic carbocycles. The van der Waals surface area contributed by atoms with E-state index in [0.717, 1.165) is 26.2 Å². The summed E-state index contributed by atoms with van der Waals surface area (Å²) in [6.45, 7) is 11.3. The van der Waals surface area contributed by atoms with Crippen LogP contribution in [0.15, 0.2) is 22.0 Å². The van der Waals surface area contributed by atoms with Crippen molar-refractivity contribution in [1.82, 2.24) is 19.0 Å². The van der Waals surface area contributed by atoms with Gasteiger partial charge in [-0.1, -0.05) is 0 Å². The number of benzene rings is 1. The van der Waals surface area contributed by atoms with E-state index in [1.54, 1.807) is 33.1 Å². The zero-order chi connectivity index (χ0) is 25.9. The second kappa shape index (κ2) is 11.5. The molecular weight excluding hydrogens is 482 g/mol. The summed E-state index contributed by atoms with van der Waals surface area (Å²) in [4.78, 5) is 24.5. The molecule has 11 heteroatoms. The van der Waals surface area contributed by atoms with Gasteiger partial charge in [0.25, 0.3) is 5.91 Å². The Balaban J connectivity index is 1.31. The minimum atomic E-state index is -3.78. The molecule has 1 amide bonds. The van der Waals surface area contributed by atoms with Crippen molar-refractivity contribution in [3.63, 3.8) is 0 Å². The summed E-state index contributed by atoms with van der Waals surface area (Å²) in [7, 11) is -0.723. The van der Waals surface area contributed by atoms with E-state index >= 15 is 0 Å². The van der Waals surface area contributed by atoms with E-state index in [1.807, 2.05) is 4.90 Å². The van der Waals surface area contributed by atoms with Crippen LogP contribution < -0.4 is 4.74 Å². The normalized spacial score (nSPS) is 21.6. The molecule has 200 valence electrons. The Labute approximate surface area is 214 Å². The van der Waals surface area contributed by atoms with Gasteiger partial charge >= 0.3 is 0 Å². The van der Waals surface area contributed by atoms with Gasteiger partial charge in [-0.3, -0.25) is 9.69 Å². The first kappa shape index (κ1) is 26.8. The van der Waals surface area contributed by atoms with Gasteiger partial charge in [-0.2, -0.15) is 4.31 Å². The Hall–Kier alpha value is -2.21. The number of sulfonamides is 1. The van der Waals surface area contributed by atoms with Crippen LogP contribution in [0.1, 0.15) is 24.0 Å². The number of methoxy groups -OCH3 is 1. The fourth-order valence-corrected chi connectivity index (χ4v) is 6.72. The quantitative estimate of drug-likeness (QED) is 0.478. The Morgan fingerprint density at radius 2 is 1.64 bits per heavy atom. The van der Waals surface area contributed by atoms with Crippen molar-refractivity contribution in [3.05, 3.63) is 23.3 Å². The molecule has 3 heterocycles. The van der Waals surface area contributed by atoms with Crippen LogP contribution in [-0.2, 0) is 19.6 Å². The van der Waals surface area contributed by atoms with E-state index in [9.17, 15) is 13.2 Å². The van der Waals surface area contributed by atoms with Gasteiger partial charge < -0.3 is 19.3 Å². The summed E-state index contributed by atoms with van der Waals surface area (Å²) in [6, 6.07) is 2.80. The van der Waals surface area contributed by atoms with Crippen molar-refractivity contribution < 1.29 is 22.7 Å². The highest BCUT2D eigenvalue weighted by Crippen LogP contribution is 2.28. The molecule has 2 fully saturated rings. The molecule has 1 aromatic carbocycles. The molecule has 1 aromatic rings. The third-order valence-electron chi connectivity index (χ3n) is 7.30. The van der Waals surface area contributed by atoms with Crippen molar-refractivity contribution in [3.8, 4) is 5.75 Å². The lowest BCUT2D eigenvalue weighted by Gasteiger charge is -2.36. The number of piperazine rings is 1. The number of hydrogen-bond acceptors (Lipinski definition) is 8. The van der Waals surface area contributed by atoms with Crippen LogP contribution in [0.2, 0.25) is 0 Å². The highest BCUT2D eigenvalue weighted by Gasteiger charge is 2.34. The van der Waals surface area contributed by atoms with Crippen LogP contribution >= 0.6 is 0 Å². The Kier molecular flexibility index (Phi) is 8.54. The molecule has 3 aliphatic heterocycles. The Morgan fingerprint density at radius 3 is 2.22 bits per heavy atom. The number of aliphatic imine (C=N–C) groups is 1. The van der Waals surface area contributed by atoms with Gasteiger partial charge in [-0.25, -0.2) is 13.4 Å². The number of rotatable bonds is 9. The van der Waals surface area contributed by atoms with Crippen LogP contribution in [0.4, 0.5) is 0 Å². The molecule has 0 aromatic heterocycles. The standard InChI is InChI=1S/C25H39N5O5S/c1-19-15-21(34-4)16-20(2)24(19)36(32,33)27(3)17-23-26-22(18-35-23)25(31)30-13-11-29(12-14-30)10-9-28-7-5-6-8-28/h15-16,22H,5-14,17-18H2,1-4H3. The lowest BCUT2D eigenvalue weighted by atomic mass is 10.1. The van der Waals surface area contributed by atoms with Crippen LogP contribution in [0.3, 0.4) is 0 Å². The van der Waals surface area contributed by atoms with Crippen LogP contribution in [0, 0.1) is 13.8 Å². The van der Waals surface area contributed by atoms with Gasteiger partial charge in [-0.15, -0.1) is 0 Å². The maximum Gasteiger partial charge on any atom is 0.251 e. The van der Waals surface area contributed by atoms with E-state index in [-0.39, 0.29) is 29.9 Å². The molecule has 36 heavy (non-hydrogen) atoms. The van der Waals surface area contributed by atoms with Crippen molar-refractivity contribution in [2.45, 2.75) is 37.6 Å². The molecule has 0 saturated carbocycles. The van der Waals surface area contributed by atoms with E-state index in [4.69, 9.17) is 9.47 Å². The smallest absolute Gasteiger partial charge is 0.251 e. The summed E-state index contributed by atoms with van der Waals surface area (Å²) >= 11 is 0. The van der Waals surface area contributed by atoms with E-state index < -0.39 is 16.1 Å². The lowest BCUT2D eigenvalue weighted by Crippen LogP contribution is -2.52. The highest BCUT2D eigenvalue weighted by atomic mass is 32.2. The Morgan fingerprint density at radius 1 is 1.06 bits per heavy atom. The number of carbonyl (C=O) groups is 1. The first-order valence-electron chi connectivity index (χ1n) is 12.7. The van der Waals surface area contributed by atoms with Gasteiger partial charge in [0.2, 0.25) is 10.0 Å². The van der Waals surface area contributed by atoms with Crippen molar-refractivity contribution >= 4 is 21.8 Å². The fourth-order valence-electron chi connectivity index (χ4n) is 5.19. The van der Waals surface area contributed by atoms with Gasteiger partial charge in [0, 0.05) is 46.3 Å². The summed E-state index contributed by atoms with van der Waals surface area (Å²) in [5.41, 5.74) is 1.22. The molecule has 10 nitrogen and oxygen atoms in total. The third kappa shape index (κ3) is 6.01. The zero-order valence-electron chi connectivity index (χ0n) is 21.9. The number of amides is 1. The molecule has 1 unspecified atom stereocenters. The van der Waals surface area contributed by atoms with Gasteiger partial charge in [0.05, 0.1) is 18.6 Å². The summed E-state index contributed by atoms with van der Waals surface area (Å²) in [5, 5.41) is 0. The zero-order valence-corrected chi connectivity index (χ0v) is 22.7. The minimum Gasteiger partial charge on any atom is -0.497 e. The van der Waals surface area contributed by atoms with Gasteiger partial charge in [-0.05, 0) is 63.0 Å². The monoisotopic (exact) mass is 521 g/mol. The van der Waals surface area contributed by atoms with E-state index in [1.165, 1.54) is 37.3 Å². The van der Waals surface area contributed by atoms with Crippen molar-refractivity contribution in [2.24, 2.45) is 4.99 Å². The van der Waals surface area contributed by atoms with Crippen LogP contribution in [-0.4, -0.2) is 125 Å². The number of nitrogens with zero attached hydrogens (tertiary/aromatic N) is 5. The largest absolute Gasteiger partial charge is 0.497 e. The van der Waals surface area contributed by atoms with Gasteiger partial charge in [0.15, 0.2) is 11.9 Å². The molecule has 0 radical (unpaired) electrons. The van der Waals surface area contributed by atoms with E-state index in [2.05, 4.69) is 14.8 Å². The molecule has 3 aliphatic rings. The topological polar surface area (TPSA) is 95.0 Å².